The number of carbonyl (C=O) groups excluding carboxylic acids is 2. The minimum atomic E-state index is 0.172. The third kappa shape index (κ3) is 4.79. The molecule has 0 unspecified atom stereocenters. The van der Waals surface area contributed by atoms with E-state index in [0.717, 1.165) is 59.9 Å². The number of ether oxygens (including phenoxy) is 1. The molecule has 2 aromatic carbocycles. The Balaban J connectivity index is 1.28. The maximum atomic E-state index is 12.8. The van der Waals surface area contributed by atoms with Crippen molar-refractivity contribution in [2.24, 2.45) is 0 Å². The number of nitrogens with zero attached hydrogens (tertiary/aromatic N) is 2. The standard InChI is InChI=1S/C27H32N2O3/c30-24(18-28-11-3-1-4-12-28)20-7-9-26-22(15-20)17-23-16-21(8-10-27(23)32-26)25(31)19-29-13-5-2-6-14-29/h7-10,15-16H,1-6,11-14,17-19H2. The number of likely N-dealkylation sites (tertiary alicyclic amines) is 2. The van der Waals surface area contributed by atoms with Crippen LogP contribution in [0.4, 0.5) is 0 Å². The summed E-state index contributed by atoms with van der Waals surface area (Å²) < 4.78 is 6.10. The first kappa shape index (κ1) is 21.4. The Morgan fingerprint density at radius 1 is 0.656 bits per heavy atom. The van der Waals surface area contributed by atoms with Crippen LogP contribution in [0.15, 0.2) is 36.4 Å². The van der Waals surface area contributed by atoms with Crippen LogP contribution >= 0.6 is 0 Å². The Hall–Kier alpha value is -2.50. The molecule has 5 rings (SSSR count). The number of piperidine rings is 2. The largest absolute Gasteiger partial charge is 0.457 e. The van der Waals surface area contributed by atoms with Crippen molar-refractivity contribution in [3.63, 3.8) is 0 Å². The third-order valence-electron chi connectivity index (χ3n) is 7.00. The topological polar surface area (TPSA) is 49.9 Å². The highest BCUT2D eigenvalue weighted by atomic mass is 16.5. The van der Waals surface area contributed by atoms with E-state index in [1.165, 1.54) is 38.5 Å². The van der Waals surface area contributed by atoms with Crippen molar-refractivity contribution >= 4 is 11.6 Å². The summed E-state index contributed by atoms with van der Waals surface area (Å²) in [6.07, 6.45) is 7.94. The number of benzene rings is 2. The van der Waals surface area contributed by atoms with Crippen molar-refractivity contribution in [1.82, 2.24) is 9.80 Å². The number of fused-ring (bicyclic) bond motifs is 2. The smallest absolute Gasteiger partial charge is 0.176 e. The summed E-state index contributed by atoms with van der Waals surface area (Å²) in [5, 5.41) is 0. The number of ketones is 2. The summed E-state index contributed by atoms with van der Waals surface area (Å²) >= 11 is 0. The fraction of sp³-hybridized carbons (Fsp3) is 0.481. The van der Waals surface area contributed by atoms with Crippen LogP contribution in [0.1, 0.15) is 70.4 Å². The van der Waals surface area contributed by atoms with Gasteiger partial charge in [-0.3, -0.25) is 19.4 Å². The van der Waals surface area contributed by atoms with Gasteiger partial charge in [0.2, 0.25) is 0 Å². The monoisotopic (exact) mass is 432 g/mol. The van der Waals surface area contributed by atoms with Crippen molar-refractivity contribution < 1.29 is 14.3 Å². The fourth-order valence-corrected chi connectivity index (χ4v) is 5.13. The van der Waals surface area contributed by atoms with E-state index in [4.69, 9.17) is 4.74 Å². The van der Waals surface area contributed by atoms with Gasteiger partial charge in [-0.1, -0.05) is 12.8 Å². The zero-order valence-corrected chi connectivity index (χ0v) is 18.8. The normalized spacial score (nSPS) is 19.0. The molecule has 3 aliphatic heterocycles. The Bertz CT molecular complexity index is 924. The molecule has 168 valence electrons. The SMILES string of the molecule is O=C(CN1CCCCC1)c1ccc2c(c1)Cc1cc(C(=O)CN3CCCCC3)ccc1O2. The predicted octanol–water partition coefficient (Wildman–Crippen LogP) is 4.72. The molecule has 5 heteroatoms. The molecule has 0 spiro atoms. The van der Waals surface area contributed by atoms with Gasteiger partial charge in [-0.25, -0.2) is 0 Å². The molecule has 32 heavy (non-hydrogen) atoms. The molecule has 2 aromatic rings. The second-order valence-corrected chi connectivity index (χ2v) is 9.44. The summed E-state index contributed by atoms with van der Waals surface area (Å²) in [4.78, 5) is 30.2. The van der Waals surface area contributed by atoms with Crippen LogP contribution in [0.5, 0.6) is 11.5 Å². The molecule has 0 radical (unpaired) electrons. The summed E-state index contributed by atoms with van der Waals surface area (Å²) in [5.41, 5.74) is 3.53. The molecule has 0 bridgehead atoms. The fourth-order valence-electron chi connectivity index (χ4n) is 5.13. The number of rotatable bonds is 6. The molecule has 3 heterocycles. The van der Waals surface area contributed by atoms with Gasteiger partial charge in [0, 0.05) is 28.7 Å². The van der Waals surface area contributed by atoms with Crippen molar-refractivity contribution in [3.8, 4) is 11.5 Å². The lowest BCUT2D eigenvalue weighted by Crippen LogP contribution is -2.34. The van der Waals surface area contributed by atoms with Gasteiger partial charge in [-0.15, -0.1) is 0 Å². The van der Waals surface area contributed by atoms with Crippen LogP contribution in [0.3, 0.4) is 0 Å². The molecule has 0 N–H and O–H groups in total. The van der Waals surface area contributed by atoms with E-state index in [2.05, 4.69) is 9.80 Å². The quantitative estimate of drug-likeness (QED) is 0.528. The van der Waals surface area contributed by atoms with Gasteiger partial charge in [-0.05, 0) is 88.3 Å². The number of carbonyl (C=O) groups is 2. The Kier molecular flexibility index (Phi) is 6.37. The summed E-state index contributed by atoms with van der Waals surface area (Å²) in [6, 6.07) is 11.5. The molecule has 0 amide bonds. The van der Waals surface area contributed by atoms with Gasteiger partial charge in [0.05, 0.1) is 13.1 Å². The molecule has 2 saturated heterocycles. The van der Waals surface area contributed by atoms with Crippen LogP contribution in [0, 0.1) is 0 Å². The van der Waals surface area contributed by atoms with E-state index in [0.29, 0.717) is 19.5 Å². The van der Waals surface area contributed by atoms with Gasteiger partial charge in [0.25, 0.3) is 0 Å². The van der Waals surface area contributed by atoms with E-state index in [1.54, 1.807) is 0 Å². The first-order valence-corrected chi connectivity index (χ1v) is 12.1. The number of hydrogen-bond acceptors (Lipinski definition) is 5. The zero-order chi connectivity index (χ0) is 21.9. The first-order valence-electron chi connectivity index (χ1n) is 12.1. The lowest BCUT2D eigenvalue weighted by Gasteiger charge is -2.26. The summed E-state index contributed by atoms with van der Waals surface area (Å²) in [7, 11) is 0. The van der Waals surface area contributed by atoms with Gasteiger partial charge in [-0.2, -0.15) is 0 Å². The molecular formula is C27H32N2O3. The minimum Gasteiger partial charge on any atom is -0.457 e. The van der Waals surface area contributed by atoms with Crippen LogP contribution in [0.2, 0.25) is 0 Å². The van der Waals surface area contributed by atoms with Gasteiger partial charge >= 0.3 is 0 Å². The molecule has 0 atom stereocenters. The molecule has 0 aromatic heterocycles. The second kappa shape index (κ2) is 9.55. The van der Waals surface area contributed by atoms with Gasteiger partial charge in [0.15, 0.2) is 11.6 Å². The van der Waals surface area contributed by atoms with E-state index >= 15 is 0 Å². The first-order chi connectivity index (χ1) is 15.7. The minimum absolute atomic E-state index is 0.172. The Labute approximate surface area is 190 Å². The van der Waals surface area contributed by atoms with Gasteiger partial charge in [0.1, 0.15) is 11.5 Å². The average Bonchev–Trinajstić information content (AvgIpc) is 2.83. The third-order valence-corrected chi connectivity index (χ3v) is 7.00. The lowest BCUT2D eigenvalue weighted by atomic mass is 9.95. The molecule has 2 fully saturated rings. The van der Waals surface area contributed by atoms with Crippen LogP contribution in [-0.2, 0) is 6.42 Å². The molecule has 0 saturated carbocycles. The van der Waals surface area contributed by atoms with Crippen molar-refractivity contribution in [3.05, 3.63) is 58.7 Å². The van der Waals surface area contributed by atoms with Crippen molar-refractivity contribution in [1.29, 1.82) is 0 Å². The van der Waals surface area contributed by atoms with Crippen molar-refractivity contribution in [2.45, 2.75) is 44.9 Å². The molecule has 5 nitrogen and oxygen atoms in total. The summed E-state index contributed by atoms with van der Waals surface area (Å²) in [6.45, 7) is 5.04. The molecular weight excluding hydrogens is 400 g/mol. The average molecular weight is 433 g/mol. The maximum Gasteiger partial charge on any atom is 0.176 e. The Morgan fingerprint density at radius 2 is 1.09 bits per heavy atom. The molecule has 0 aliphatic carbocycles. The Morgan fingerprint density at radius 3 is 1.53 bits per heavy atom. The zero-order valence-electron chi connectivity index (χ0n) is 18.8. The second-order valence-electron chi connectivity index (χ2n) is 9.44. The van der Waals surface area contributed by atoms with E-state index < -0.39 is 0 Å². The van der Waals surface area contributed by atoms with E-state index in [-0.39, 0.29) is 11.6 Å². The van der Waals surface area contributed by atoms with Crippen LogP contribution in [0.25, 0.3) is 0 Å². The lowest BCUT2D eigenvalue weighted by molar-refractivity contribution is 0.0908. The van der Waals surface area contributed by atoms with Crippen molar-refractivity contribution in [2.75, 3.05) is 39.3 Å². The number of hydrogen-bond donors (Lipinski definition) is 0. The predicted molar refractivity (Wildman–Crippen MR) is 125 cm³/mol. The highest BCUT2D eigenvalue weighted by Crippen LogP contribution is 2.37. The highest BCUT2D eigenvalue weighted by molar-refractivity contribution is 5.99. The van der Waals surface area contributed by atoms with E-state index in [1.807, 2.05) is 36.4 Å². The number of Topliss-reactive ketones (excluding diaryl/α,β-unsaturated/α-hetero) is 2. The molecule has 3 aliphatic rings. The highest BCUT2D eigenvalue weighted by Gasteiger charge is 2.22. The van der Waals surface area contributed by atoms with Crippen LogP contribution < -0.4 is 4.74 Å². The van der Waals surface area contributed by atoms with E-state index in [9.17, 15) is 9.59 Å². The van der Waals surface area contributed by atoms with Crippen LogP contribution in [-0.4, -0.2) is 60.6 Å². The summed E-state index contributed by atoms with van der Waals surface area (Å²) in [5.74, 6) is 1.95. The maximum absolute atomic E-state index is 12.8. The van der Waals surface area contributed by atoms with Gasteiger partial charge < -0.3 is 4.74 Å².